The van der Waals surface area contributed by atoms with E-state index in [0.29, 0.717) is 16.3 Å². The Balaban J connectivity index is 2.47. The second-order valence-corrected chi connectivity index (χ2v) is 3.80. The molecular weight excluding hydrogens is 215 g/mol. The van der Waals surface area contributed by atoms with Crippen LogP contribution in [0.25, 0.3) is 11.3 Å². The monoisotopic (exact) mass is 224 g/mol. The summed E-state index contributed by atoms with van der Waals surface area (Å²) in [6, 6.07) is 4.65. The Morgan fingerprint density at radius 2 is 2.27 bits per heavy atom. The van der Waals surface area contributed by atoms with Crippen molar-refractivity contribution in [3.05, 3.63) is 29.5 Å². The summed E-state index contributed by atoms with van der Waals surface area (Å²) in [6.07, 6.45) is 0. The molecule has 1 aromatic carbocycles. The third-order valence-electron chi connectivity index (χ3n) is 2.02. The third kappa shape index (κ3) is 1.78. The summed E-state index contributed by atoms with van der Waals surface area (Å²) in [6.45, 7) is 0. The van der Waals surface area contributed by atoms with E-state index in [1.165, 1.54) is 24.5 Å². The minimum atomic E-state index is -0.414. The van der Waals surface area contributed by atoms with Crippen LogP contribution in [0.2, 0.25) is 0 Å². The van der Waals surface area contributed by atoms with Gasteiger partial charge in [0.05, 0.1) is 12.6 Å². The molecular formula is C10H9FN2OS. The highest BCUT2D eigenvalue weighted by Gasteiger charge is 2.09. The number of halogens is 1. The number of hydrogen-bond donors (Lipinski definition) is 1. The Morgan fingerprint density at radius 3 is 2.80 bits per heavy atom. The Hall–Kier alpha value is -1.62. The number of ether oxygens (including phenoxy) is 1. The lowest BCUT2D eigenvalue weighted by atomic mass is 10.1. The normalized spacial score (nSPS) is 10.3. The smallest absolute Gasteiger partial charge is 0.165 e. The van der Waals surface area contributed by atoms with Gasteiger partial charge < -0.3 is 10.5 Å². The van der Waals surface area contributed by atoms with Gasteiger partial charge in [-0.15, -0.1) is 11.3 Å². The fourth-order valence-electron chi connectivity index (χ4n) is 1.29. The zero-order chi connectivity index (χ0) is 10.8. The number of rotatable bonds is 2. The van der Waals surface area contributed by atoms with Crippen molar-refractivity contribution in [2.45, 2.75) is 0 Å². The standard InChI is InChI=1S/C10H9FN2OS/c1-14-8-3-2-6(4-7(8)11)9-10(12)15-5-13-9/h2-5H,12H2,1H3. The summed E-state index contributed by atoms with van der Waals surface area (Å²) < 4.78 is 18.2. The molecule has 0 spiro atoms. The van der Waals surface area contributed by atoms with Gasteiger partial charge in [-0.2, -0.15) is 0 Å². The van der Waals surface area contributed by atoms with E-state index >= 15 is 0 Å². The molecule has 5 heteroatoms. The number of anilines is 1. The Morgan fingerprint density at radius 1 is 1.47 bits per heavy atom. The molecule has 1 aromatic heterocycles. The van der Waals surface area contributed by atoms with Crippen molar-refractivity contribution in [1.82, 2.24) is 4.98 Å². The number of methoxy groups -OCH3 is 1. The molecule has 0 bridgehead atoms. The average Bonchev–Trinajstić information content (AvgIpc) is 2.64. The fourth-order valence-corrected chi connectivity index (χ4v) is 1.84. The van der Waals surface area contributed by atoms with Gasteiger partial charge in [-0.3, -0.25) is 0 Å². The van der Waals surface area contributed by atoms with Crippen LogP contribution in [0.5, 0.6) is 5.75 Å². The Bertz CT molecular complexity index is 484. The van der Waals surface area contributed by atoms with Crippen molar-refractivity contribution in [3.8, 4) is 17.0 Å². The van der Waals surface area contributed by atoms with E-state index in [9.17, 15) is 4.39 Å². The number of nitrogen functional groups attached to an aromatic ring is 1. The molecule has 0 radical (unpaired) electrons. The van der Waals surface area contributed by atoms with Crippen molar-refractivity contribution >= 4 is 16.3 Å². The minimum Gasteiger partial charge on any atom is -0.494 e. The number of thiazole rings is 1. The lowest BCUT2D eigenvalue weighted by Crippen LogP contribution is -1.90. The van der Waals surface area contributed by atoms with Gasteiger partial charge in [-0.05, 0) is 18.2 Å². The highest BCUT2D eigenvalue weighted by atomic mass is 32.1. The third-order valence-corrected chi connectivity index (χ3v) is 2.68. The van der Waals surface area contributed by atoms with Gasteiger partial charge >= 0.3 is 0 Å². The van der Waals surface area contributed by atoms with Gasteiger partial charge in [-0.25, -0.2) is 9.37 Å². The van der Waals surface area contributed by atoms with E-state index in [2.05, 4.69) is 4.98 Å². The van der Waals surface area contributed by atoms with Gasteiger partial charge in [0.1, 0.15) is 10.7 Å². The van der Waals surface area contributed by atoms with Crippen molar-refractivity contribution in [2.75, 3.05) is 12.8 Å². The maximum atomic E-state index is 13.4. The predicted octanol–water partition coefficient (Wildman–Crippen LogP) is 2.54. The molecule has 0 aliphatic rings. The maximum absolute atomic E-state index is 13.4. The molecule has 2 N–H and O–H groups in total. The van der Waals surface area contributed by atoms with Crippen LogP contribution in [0.3, 0.4) is 0 Å². The van der Waals surface area contributed by atoms with Crippen LogP contribution >= 0.6 is 11.3 Å². The van der Waals surface area contributed by atoms with Crippen molar-refractivity contribution in [2.24, 2.45) is 0 Å². The van der Waals surface area contributed by atoms with Crippen LogP contribution in [-0.4, -0.2) is 12.1 Å². The molecule has 0 saturated heterocycles. The average molecular weight is 224 g/mol. The number of aromatic nitrogens is 1. The van der Waals surface area contributed by atoms with Crippen molar-refractivity contribution in [3.63, 3.8) is 0 Å². The van der Waals surface area contributed by atoms with Gasteiger partial charge in [0, 0.05) is 5.56 Å². The summed E-state index contributed by atoms with van der Waals surface area (Å²) in [7, 11) is 1.43. The first-order valence-corrected chi connectivity index (χ1v) is 5.13. The van der Waals surface area contributed by atoms with E-state index in [4.69, 9.17) is 10.5 Å². The summed E-state index contributed by atoms with van der Waals surface area (Å²) in [5, 5.41) is 0.583. The zero-order valence-electron chi connectivity index (χ0n) is 8.03. The Labute approximate surface area is 90.3 Å². The zero-order valence-corrected chi connectivity index (χ0v) is 8.84. The van der Waals surface area contributed by atoms with E-state index in [-0.39, 0.29) is 5.75 Å². The number of nitrogens with zero attached hydrogens (tertiary/aromatic N) is 1. The quantitative estimate of drug-likeness (QED) is 0.852. The second-order valence-electron chi connectivity index (χ2n) is 2.91. The van der Waals surface area contributed by atoms with Gasteiger partial charge in [0.25, 0.3) is 0 Å². The molecule has 0 aliphatic heterocycles. The van der Waals surface area contributed by atoms with Crippen LogP contribution in [0, 0.1) is 5.82 Å². The molecule has 2 aromatic rings. The molecule has 15 heavy (non-hydrogen) atoms. The topological polar surface area (TPSA) is 48.1 Å². The van der Waals surface area contributed by atoms with E-state index < -0.39 is 5.82 Å². The van der Waals surface area contributed by atoms with Crippen LogP contribution in [0.1, 0.15) is 0 Å². The summed E-state index contributed by atoms with van der Waals surface area (Å²) in [5.41, 5.74) is 8.60. The molecule has 0 saturated carbocycles. The molecule has 2 rings (SSSR count). The molecule has 3 nitrogen and oxygen atoms in total. The first-order valence-electron chi connectivity index (χ1n) is 4.25. The molecule has 0 amide bonds. The molecule has 0 aliphatic carbocycles. The highest BCUT2D eigenvalue weighted by Crippen LogP contribution is 2.30. The second kappa shape index (κ2) is 3.86. The van der Waals surface area contributed by atoms with Crippen LogP contribution in [-0.2, 0) is 0 Å². The fraction of sp³-hybridized carbons (Fsp3) is 0.100. The molecule has 78 valence electrons. The van der Waals surface area contributed by atoms with Gasteiger partial charge in [0.15, 0.2) is 11.6 Å². The number of nitrogens with two attached hydrogens (primary N) is 1. The maximum Gasteiger partial charge on any atom is 0.165 e. The molecule has 1 heterocycles. The summed E-state index contributed by atoms with van der Waals surface area (Å²) in [5.74, 6) is -0.199. The molecule has 0 atom stereocenters. The molecule has 0 fully saturated rings. The highest BCUT2D eigenvalue weighted by molar-refractivity contribution is 7.14. The Kier molecular flexibility index (Phi) is 2.55. The van der Waals surface area contributed by atoms with Gasteiger partial charge in [0.2, 0.25) is 0 Å². The number of hydrogen-bond acceptors (Lipinski definition) is 4. The first-order chi connectivity index (χ1) is 7.22. The lowest BCUT2D eigenvalue weighted by Gasteiger charge is -2.03. The van der Waals surface area contributed by atoms with Crippen LogP contribution in [0.15, 0.2) is 23.7 Å². The van der Waals surface area contributed by atoms with E-state index in [1.54, 1.807) is 17.6 Å². The van der Waals surface area contributed by atoms with E-state index in [1.807, 2.05) is 0 Å². The first kappa shape index (κ1) is 9.92. The minimum absolute atomic E-state index is 0.215. The predicted molar refractivity (Wildman–Crippen MR) is 58.5 cm³/mol. The van der Waals surface area contributed by atoms with E-state index in [0.717, 1.165) is 0 Å². The summed E-state index contributed by atoms with van der Waals surface area (Å²) in [4.78, 5) is 4.07. The largest absolute Gasteiger partial charge is 0.494 e. The lowest BCUT2D eigenvalue weighted by molar-refractivity contribution is 0.386. The molecule has 0 unspecified atom stereocenters. The van der Waals surface area contributed by atoms with Crippen molar-refractivity contribution in [1.29, 1.82) is 0 Å². The van der Waals surface area contributed by atoms with Gasteiger partial charge in [-0.1, -0.05) is 0 Å². The SMILES string of the molecule is COc1ccc(-c2ncsc2N)cc1F. The van der Waals surface area contributed by atoms with Crippen LogP contribution in [0.4, 0.5) is 9.39 Å². The number of benzene rings is 1. The summed E-state index contributed by atoms with van der Waals surface area (Å²) >= 11 is 1.33. The van der Waals surface area contributed by atoms with Crippen molar-refractivity contribution < 1.29 is 9.13 Å². The van der Waals surface area contributed by atoms with Crippen LogP contribution < -0.4 is 10.5 Å².